The summed E-state index contributed by atoms with van der Waals surface area (Å²) in [6.07, 6.45) is 2.53. The Morgan fingerprint density at radius 1 is 1.43 bits per heavy atom. The van der Waals surface area contributed by atoms with Crippen molar-refractivity contribution in [3.8, 4) is 0 Å². The third kappa shape index (κ3) is 5.79. The summed E-state index contributed by atoms with van der Waals surface area (Å²) < 4.78 is 21.4. The second-order valence-electron chi connectivity index (χ2n) is 7.32. The Labute approximate surface area is 178 Å². The smallest absolute Gasteiger partial charge is 0.237 e. The summed E-state index contributed by atoms with van der Waals surface area (Å²) in [5.41, 5.74) is 6.18. The molecule has 0 bridgehead atoms. The fourth-order valence-electron chi connectivity index (χ4n) is 3.13. The van der Waals surface area contributed by atoms with Gasteiger partial charge in [0.1, 0.15) is 11.6 Å². The summed E-state index contributed by atoms with van der Waals surface area (Å²) in [5.74, 6) is -0.411. The Morgan fingerprint density at radius 2 is 2.23 bits per heavy atom. The molecule has 0 spiro atoms. The minimum Gasteiger partial charge on any atom is -0.376 e. The summed E-state index contributed by atoms with van der Waals surface area (Å²) >= 11 is 1.26. The molecule has 1 saturated heterocycles. The molecule has 2 heterocycles. The third-order valence-corrected chi connectivity index (χ3v) is 5.97. The molecule has 2 aromatic rings. The van der Waals surface area contributed by atoms with Crippen LogP contribution in [0.2, 0.25) is 0 Å². The molecule has 1 aliphatic rings. The van der Waals surface area contributed by atoms with Crippen molar-refractivity contribution in [1.29, 1.82) is 0 Å². The second-order valence-corrected chi connectivity index (χ2v) is 8.63. The van der Waals surface area contributed by atoms with Gasteiger partial charge in [-0.2, -0.15) is 0 Å². The maximum atomic E-state index is 13.7. The number of aromatic nitrogens is 3. The van der Waals surface area contributed by atoms with Gasteiger partial charge in [-0.3, -0.25) is 9.59 Å². The van der Waals surface area contributed by atoms with Gasteiger partial charge < -0.3 is 20.4 Å². The van der Waals surface area contributed by atoms with Crippen molar-refractivity contribution in [3.05, 3.63) is 35.4 Å². The van der Waals surface area contributed by atoms with Crippen molar-refractivity contribution in [2.45, 2.75) is 62.6 Å². The van der Waals surface area contributed by atoms with Crippen molar-refractivity contribution >= 4 is 29.3 Å². The highest BCUT2D eigenvalue weighted by atomic mass is 32.2. The highest BCUT2D eigenvalue weighted by Crippen LogP contribution is 2.26. The second kappa shape index (κ2) is 10.0. The molecule has 0 unspecified atom stereocenters. The maximum absolute atomic E-state index is 13.7. The van der Waals surface area contributed by atoms with Crippen LogP contribution in [-0.4, -0.2) is 44.5 Å². The predicted octanol–water partition coefficient (Wildman–Crippen LogP) is 2.44. The number of nitrogens with two attached hydrogens (primary N) is 1. The number of ether oxygens (including phenoxy) is 1. The van der Waals surface area contributed by atoms with Crippen LogP contribution >= 0.6 is 11.8 Å². The number of hydrogen-bond donors (Lipinski definition) is 2. The van der Waals surface area contributed by atoms with Crippen LogP contribution in [0.1, 0.15) is 37.6 Å². The van der Waals surface area contributed by atoms with E-state index in [2.05, 4.69) is 15.5 Å². The first-order valence-corrected chi connectivity index (χ1v) is 10.8. The number of nitrogens with zero attached hydrogens (tertiary/aromatic N) is 3. The van der Waals surface area contributed by atoms with Gasteiger partial charge in [-0.15, -0.1) is 10.2 Å². The van der Waals surface area contributed by atoms with E-state index in [4.69, 9.17) is 10.5 Å². The lowest BCUT2D eigenvalue weighted by atomic mass is 10.2. The maximum Gasteiger partial charge on any atom is 0.237 e. The van der Waals surface area contributed by atoms with Gasteiger partial charge in [-0.05, 0) is 44.4 Å². The summed E-state index contributed by atoms with van der Waals surface area (Å²) in [7, 11) is 0. The zero-order valence-corrected chi connectivity index (χ0v) is 17.9. The average Bonchev–Trinajstić information content (AvgIpc) is 3.34. The number of rotatable bonds is 9. The van der Waals surface area contributed by atoms with Crippen LogP contribution in [0, 0.1) is 12.7 Å². The van der Waals surface area contributed by atoms with Crippen molar-refractivity contribution in [2.75, 3.05) is 11.9 Å². The molecule has 30 heavy (non-hydrogen) atoms. The third-order valence-electron chi connectivity index (χ3n) is 4.89. The van der Waals surface area contributed by atoms with E-state index in [9.17, 15) is 14.0 Å². The highest BCUT2D eigenvalue weighted by molar-refractivity contribution is 8.00. The number of hydrogen-bond acceptors (Lipinski definition) is 6. The van der Waals surface area contributed by atoms with Gasteiger partial charge >= 0.3 is 0 Å². The lowest BCUT2D eigenvalue weighted by molar-refractivity contribution is -0.118. The van der Waals surface area contributed by atoms with E-state index in [0.717, 1.165) is 19.4 Å². The number of carbonyl (C=O) groups is 2. The molecule has 8 nitrogen and oxygen atoms in total. The molecule has 2 atom stereocenters. The van der Waals surface area contributed by atoms with E-state index in [1.165, 1.54) is 17.8 Å². The fraction of sp³-hybridized carbons (Fsp3) is 0.500. The van der Waals surface area contributed by atoms with Crippen LogP contribution < -0.4 is 11.1 Å². The summed E-state index contributed by atoms with van der Waals surface area (Å²) in [4.78, 5) is 23.8. The standard InChI is InChI=1S/C20H26FN5O3S/c1-12-5-6-14(10-16(12)21)23-19(28)13(2)30-20-25-24-18(8-7-17(22)27)26(20)11-15-4-3-9-29-15/h5-6,10,13,15H,3-4,7-9,11H2,1-2H3,(H2,22,27)(H,23,28)/t13-,15-/m0/s1. The van der Waals surface area contributed by atoms with Crippen molar-refractivity contribution in [2.24, 2.45) is 5.73 Å². The Balaban J connectivity index is 1.70. The van der Waals surface area contributed by atoms with E-state index in [0.29, 0.717) is 35.2 Å². The number of primary amides is 1. The molecule has 2 amide bonds. The van der Waals surface area contributed by atoms with Gasteiger partial charge in [-0.25, -0.2) is 4.39 Å². The Hall–Kier alpha value is -2.46. The predicted molar refractivity (Wildman–Crippen MR) is 112 cm³/mol. The monoisotopic (exact) mass is 435 g/mol. The molecule has 10 heteroatoms. The van der Waals surface area contributed by atoms with Crippen molar-refractivity contribution < 1.29 is 18.7 Å². The first-order valence-electron chi connectivity index (χ1n) is 9.89. The zero-order chi connectivity index (χ0) is 21.7. The molecule has 1 fully saturated rings. The molecule has 3 N–H and O–H groups in total. The number of thioether (sulfide) groups is 1. The van der Waals surface area contributed by atoms with Crippen LogP contribution in [0.15, 0.2) is 23.4 Å². The Bertz CT molecular complexity index is 914. The summed E-state index contributed by atoms with van der Waals surface area (Å²) in [6.45, 7) is 4.69. The topological polar surface area (TPSA) is 112 Å². The first kappa shape index (κ1) is 22.2. The number of nitrogens with one attached hydrogen (secondary N) is 1. The molecule has 0 radical (unpaired) electrons. The SMILES string of the molecule is Cc1ccc(NC(=O)[C@H](C)Sc2nnc(CCC(N)=O)n2C[C@@H]2CCCO2)cc1F. The molecular formula is C20H26FN5O3S. The van der Waals surface area contributed by atoms with E-state index in [-0.39, 0.29) is 24.2 Å². The number of benzene rings is 1. The van der Waals surface area contributed by atoms with Gasteiger partial charge in [0.05, 0.1) is 17.9 Å². The quantitative estimate of drug-likeness (QED) is 0.585. The first-order chi connectivity index (χ1) is 14.3. The number of anilines is 1. The summed E-state index contributed by atoms with van der Waals surface area (Å²) in [5, 5.41) is 11.2. The lowest BCUT2D eigenvalue weighted by Gasteiger charge is -2.16. The van der Waals surface area contributed by atoms with E-state index >= 15 is 0 Å². The molecule has 1 aliphatic heterocycles. The number of amides is 2. The van der Waals surface area contributed by atoms with Gasteiger partial charge in [0.15, 0.2) is 5.16 Å². The van der Waals surface area contributed by atoms with Crippen LogP contribution in [0.4, 0.5) is 10.1 Å². The van der Waals surface area contributed by atoms with E-state index in [1.54, 1.807) is 26.0 Å². The average molecular weight is 436 g/mol. The van der Waals surface area contributed by atoms with Gasteiger partial charge in [0.25, 0.3) is 0 Å². The van der Waals surface area contributed by atoms with Crippen molar-refractivity contribution in [3.63, 3.8) is 0 Å². The molecule has 1 aromatic carbocycles. The Kier molecular flexibility index (Phi) is 7.43. The van der Waals surface area contributed by atoms with Gasteiger partial charge in [0.2, 0.25) is 11.8 Å². The largest absolute Gasteiger partial charge is 0.376 e. The molecule has 0 saturated carbocycles. The number of halogens is 1. The van der Waals surface area contributed by atoms with Gasteiger partial charge in [-0.1, -0.05) is 17.8 Å². The lowest BCUT2D eigenvalue weighted by Crippen LogP contribution is -2.24. The number of aryl methyl sites for hydroxylation is 2. The molecule has 3 rings (SSSR count). The summed E-state index contributed by atoms with van der Waals surface area (Å²) in [6, 6.07) is 4.58. The van der Waals surface area contributed by atoms with Crippen molar-refractivity contribution in [1.82, 2.24) is 14.8 Å². The molecular weight excluding hydrogens is 409 g/mol. The number of carbonyl (C=O) groups excluding carboxylic acids is 2. The van der Waals surface area contributed by atoms with Crippen LogP contribution in [-0.2, 0) is 27.3 Å². The molecule has 162 valence electrons. The fourth-order valence-corrected chi connectivity index (χ4v) is 4.00. The van der Waals surface area contributed by atoms with E-state index < -0.39 is 11.2 Å². The zero-order valence-electron chi connectivity index (χ0n) is 17.1. The Morgan fingerprint density at radius 3 is 2.90 bits per heavy atom. The normalized spacial score (nSPS) is 17.1. The van der Waals surface area contributed by atoms with Crippen LogP contribution in [0.3, 0.4) is 0 Å². The minimum absolute atomic E-state index is 0.0485. The van der Waals surface area contributed by atoms with E-state index in [1.807, 2.05) is 4.57 Å². The van der Waals surface area contributed by atoms with Crippen LogP contribution in [0.5, 0.6) is 0 Å². The van der Waals surface area contributed by atoms with Gasteiger partial charge in [0, 0.05) is 25.1 Å². The van der Waals surface area contributed by atoms with Crippen LogP contribution in [0.25, 0.3) is 0 Å². The highest BCUT2D eigenvalue weighted by Gasteiger charge is 2.24. The molecule has 1 aromatic heterocycles. The molecule has 0 aliphatic carbocycles. The minimum atomic E-state index is -0.495.